The molecule has 1 aliphatic carbocycles. The van der Waals surface area contributed by atoms with Crippen LogP contribution < -0.4 is 0 Å². The largest absolute Gasteiger partial charge is 0.355 e. The summed E-state index contributed by atoms with van der Waals surface area (Å²) in [7, 11) is 1.80. The fourth-order valence-electron chi connectivity index (χ4n) is 2.98. The van der Waals surface area contributed by atoms with Gasteiger partial charge in [0.15, 0.2) is 11.5 Å². The topological polar surface area (TPSA) is 46.3 Å². The van der Waals surface area contributed by atoms with Crippen molar-refractivity contribution >= 4 is 5.91 Å². The lowest BCUT2D eigenvalue weighted by molar-refractivity contribution is 0.0686. The van der Waals surface area contributed by atoms with Gasteiger partial charge >= 0.3 is 0 Å². The van der Waals surface area contributed by atoms with Crippen molar-refractivity contribution in [2.45, 2.75) is 38.1 Å². The second-order valence-electron chi connectivity index (χ2n) is 5.76. The van der Waals surface area contributed by atoms with Gasteiger partial charge in [0, 0.05) is 19.2 Å². The fraction of sp³-hybridized carbons (Fsp3) is 0.412. The Morgan fingerprint density at radius 3 is 2.73 bits per heavy atom. The predicted octanol–water partition coefficient (Wildman–Crippen LogP) is 3.89. The molecule has 0 N–H and O–H groups in total. The number of carbonyl (C=O) groups excluding carboxylic acids is 1. The molecule has 0 aliphatic heterocycles. The van der Waals surface area contributed by atoms with Crippen molar-refractivity contribution < 1.29 is 13.7 Å². The monoisotopic (exact) mass is 302 g/mol. The minimum absolute atomic E-state index is 0.168. The molecule has 3 rings (SSSR count). The number of halogens is 1. The van der Waals surface area contributed by atoms with E-state index in [1.165, 1.54) is 18.6 Å². The van der Waals surface area contributed by atoms with Crippen LogP contribution in [-0.4, -0.2) is 29.1 Å². The highest BCUT2D eigenvalue weighted by Crippen LogP contribution is 2.26. The van der Waals surface area contributed by atoms with E-state index in [9.17, 15) is 9.18 Å². The SMILES string of the molecule is CN(C(=O)c1cc(-c2ccccc2F)on1)C1CCCCC1. The molecule has 5 heteroatoms. The Balaban J connectivity index is 1.78. The maximum absolute atomic E-state index is 13.8. The average Bonchev–Trinajstić information content (AvgIpc) is 3.04. The van der Waals surface area contributed by atoms with E-state index < -0.39 is 5.82 Å². The van der Waals surface area contributed by atoms with E-state index in [2.05, 4.69) is 5.16 Å². The fourth-order valence-corrected chi connectivity index (χ4v) is 2.98. The Bertz CT molecular complexity index is 662. The molecule has 4 nitrogen and oxygen atoms in total. The lowest BCUT2D eigenvalue weighted by Gasteiger charge is -2.30. The van der Waals surface area contributed by atoms with E-state index in [1.807, 2.05) is 0 Å². The van der Waals surface area contributed by atoms with Crippen LogP contribution in [0.2, 0.25) is 0 Å². The Morgan fingerprint density at radius 2 is 2.00 bits per heavy atom. The first-order chi connectivity index (χ1) is 10.7. The standard InChI is InChI=1S/C17H19FN2O2/c1-20(12-7-3-2-4-8-12)17(21)15-11-16(22-19-15)13-9-5-6-10-14(13)18/h5-6,9-12H,2-4,7-8H2,1H3. The Hall–Kier alpha value is -2.17. The van der Waals surface area contributed by atoms with Crippen LogP contribution >= 0.6 is 0 Å². The number of benzene rings is 1. The molecule has 116 valence electrons. The first-order valence-corrected chi connectivity index (χ1v) is 7.65. The van der Waals surface area contributed by atoms with Gasteiger partial charge in [-0.05, 0) is 25.0 Å². The highest BCUT2D eigenvalue weighted by atomic mass is 19.1. The van der Waals surface area contributed by atoms with Gasteiger partial charge < -0.3 is 9.42 Å². The Morgan fingerprint density at radius 1 is 1.27 bits per heavy atom. The smallest absolute Gasteiger partial charge is 0.276 e. The molecule has 0 saturated heterocycles. The predicted molar refractivity (Wildman–Crippen MR) is 80.9 cm³/mol. The Kier molecular flexibility index (Phi) is 4.22. The molecular formula is C17H19FN2O2. The van der Waals surface area contributed by atoms with Crippen molar-refractivity contribution in [3.8, 4) is 11.3 Å². The van der Waals surface area contributed by atoms with Crippen LogP contribution in [0.1, 0.15) is 42.6 Å². The minimum Gasteiger partial charge on any atom is -0.355 e. The number of hydrogen-bond donors (Lipinski definition) is 0. The number of carbonyl (C=O) groups is 1. The summed E-state index contributed by atoms with van der Waals surface area (Å²) in [5.41, 5.74) is 0.542. The lowest BCUT2D eigenvalue weighted by atomic mass is 9.94. The van der Waals surface area contributed by atoms with Gasteiger partial charge in [-0.2, -0.15) is 0 Å². The number of amides is 1. The van der Waals surface area contributed by atoms with Crippen molar-refractivity contribution in [1.82, 2.24) is 10.1 Å². The lowest BCUT2D eigenvalue weighted by Crippen LogP contribution is -2.38. The number of nitrogens with zero attached hydrogens (tertiary/aromatic N) is 2. The molecule has 0 atom stereocenters. The van der Waals surface area contributed by atoms with E-state index >= 15 is 0 Å². The third-order valence-corrected chi connectivity index (χ3v) is 4.31. The molecule has 1 aromatic heterocycles. The first-order valence-electron chi connectivity index (χ1n) is 7.65. The summed E-state index contributed by atoms with van der Waals surface area (Å²) >= 11 is 0. The minimum atomic E-state index is -0.390. The van der Waals surface area contributed by atoms with Gasteiger partial charge in [0.05, 0.1) is 5.56 Å². The molecule has 1 amide bonds. The molecule has 0 unspecified atom stereocenters. The zero-order valence-corrected chi connectivity index (χ0v) is 12.6. The van der Waals surface area contributed by atoms with Gasteiger partial charge in [-0.25, -0.2) is 4.39 Å². The van der Waals surface area contributed by atoms with Crippen LogP contribution in [0.4, 0.5) is 4.39 Å². The summed E-state index contributed by atoms with van der Waals surface area (Å²) in [5.74, 6) is -0.282. The summed E-state index contributed by atoms with van der Waals surface area (Å²) < 4.78 is 18.9. The normalized spacial score (nSPS) is 15.7. The van der Waals surface area contributed by atoms with Crippen molar-refractivity contribution in [1.29, 1.82) is 0 Å². The van der Waals surface area contributed by atoms with Crippen LogP contribution in [-0.2, 0) is 0 Å². The molecule has 1 aromatic carbocycles. The molecule has 1 aliphatic rings. The van der Waals surface area contributed by atoms with Gasteiger partial charge in [-0.15, -0.1) is 0 Å². The molecule has 1 heterocycles. The van der Waals surface area contributed by atoms with Crippen molar-refractivity contribution in [2.75, 3.05) is 7.05 Å². The van der Waals surface area contributed by atoms with E-state index in [0.29, 0.717) is 5.56 Å². The number of rotatable bonds is 3. The summed E-state index contributed by atoms with van der Waals surface area (Å²) in [4.78, 5) is 14.2. The molecule has 1 saturated carbocycles. The highest BCUT2D eigenvalue weighted by Gasteiger charge is 2.25. The maximum atomic E-state index is 13.8. The summed E-state index contributed by atoms with van der Waals surface area (Å²) in [6.45, 7) is 0. The molecule has 0 radical (unpaired) electrons. The molecule has 0 spiro atoms. The van der Waals surface area contributed by atoms with Gasteiger partial charge in [-0.3, -0.25) is 4.79 Å². The molecule has 22 heavy (non-hydrogen) atoms. The van der Waals surface area contributed by atoms with Gasteiger partial charge in [0.2, 0.25) is 0 Å². The quantitative estimate of drug-likeness (QED) is 0.864. The van der Waals surface area contributed by atoms with E-state index in [4.69, 9.17) is 4.52 Å². The zero-order valence-electron chi connectivity index (χ0n) is 12.6. The molecule has 2 aromatic rings. The van der Waals surface area contributed by atoms with Crippen molar-refractivity contribution in [3.05, 3.63) is 41.8 Å². The highest BCUT2D eigenvalue weighted by molar-refractivity contribution is 5.93. The van der Waals surface area contributed by atoms with E-state index in [0.717, 1.165) is 25.7 Å². The molecule has 0 bridgehead atoms. The van der Waals surface area contributed by atoms with Crippen LogP contribution in [0.3, 0.4) is 0 Å². The number of hydrogen-bond acceptors (Lipinski definition) is 3. The summed E-state index contributed by atoms with van der Waals surface area (Å²) in [5, 5.41) is 3.82. The van der Waals surface area contributed by atoms with Crippen LogP contribution in [0.15, 0.2) is 34.9 Å². The Labute approximate surface area is 128 Å². The van der Waals surface area contributed by atoms with Crippen LogP contribution in [0, 0.1) is 5.82 Å². The van der Waals surface area contributed by atoms with Gasteiger partial charge in [0.25, 0.3) is 5.91 Å². The average molecular weight is 302 g/mol. The molecule has 1 fully saturated rings. The van der Waals surface area contributed by atoms with Crippen molar-refractivity contribution in [2.24, 2.45) is 0 Å². The zero-order chi connectivity index (χ0) is 15.5. The van der Waals surface area contributed by atoms with Gasteiger partial charge in [0.1, 0.15) is 5.82 Å². The third kappa shape index (κ3) is 2.89. The van der Waals surface area contributed by atoms with E-state index in [-0.39, 0.29) is 23.4 Å². The van der Waals surface area contributed by atoms with Crippen LogP contribution in [0.25, 0.3) is 11.3 Å². The summed E-state index contributed by atoms with van der Waals surface area (Å²) in [6, 6.07) is 8.06. The van der Waals surface area contributed by atoms with Crippen LogP contribution in [0.5, 0.6) is 0 Å². The van der Waals surface area contributed by atoms with E-state index in [1.54, 1.807) is 30.1 Å². The maximum Gasteiger partial charge on any atom is 0.276 e. The molecular weight excluding hydrogens is 283 g/mol. The second-order valence-corrected chi connectivity index (χ2v) is 5.76. The second kappa shape index (κ2) is 6.30. The number of aromatic nitrogens is 1. The summed E-state index contributed by atoms with van der Waals surface area (Å²) in [6.07, 6.45) is 5.60. The van der Waals surface area contributed by atoms with Crippen molar-refractivity contribution in [3.63, 3.8) is 0 Å². The third-order valence-electron chi connectivity index (χ3n) is 4.31. The first kappa shape index (κ1) is 14.8. The van der Waals surface area contributed by atoms with Gasteiger partial charge in [-0.1, -0.05) is 36.6 Å².